The fraction of sp³-hybridized carbons (Fsp3) is 0.647. The molecule has 2 rings (SSSR count). The van der Waals surface area contributed by atoms with Gasteiger partial charge in [-0.25, -0.2) is 0 Å². The first-order valence-corrected chi connectivity index (χ1v) is 8.56. The van der Waals surface area contributed by atoms with Crippen molar-refractivity contribution in [3.05, 3.63) is 29.8 Å². The lowest BCUT2D eigenvalue weighted by molar-refractivity contribution is 0.434. The molecule has 0 fully saturated rings. The summed E-state index contributed by atoms with van der Waals surface area (Å²) in [6.07, 6.45) is 5.26. The molecule has 0 spiro atoms. The Bertz CT molecular complexity index is 364. The van der Waals surface area contributed by atoms with E-state index in [4.69, 9.17) is 0 Å². The molecule has 0 aliphatic carbocycles. The van der Waals surface area contributed by atoms with Gasteiger partial charge in [0.15, 0.2) is 0 Å². The summed E-state index contributed by atoms with van der Waals surface area (Å²) in [6.45, 7) is 7.95. The summed E-state index contributed by atoms with van der Waals surface area (Å²) >= 11 is 2.08. The van der Waals surface area contributed by atoms with Crippen LogP contribution in [0.4, 0.5) is 0 Å². The summed E-state index contributed by atoms with van der Waals surface area (Å²) in [7, 11) is 0. The zero-order valence-corrected chi connectivity index (χ0v) is 13.3. The van der Waals surface area contributed by atoms with E-state index in [0.717, 1.165) is 17.7 Å². The highest BCUT2D eigenvalue weighted by atomic mass is 32.2. The van der Waals surface area contributed by atoms with Gasteiger partial charge in [-0.15, -0.1) is 11.8 Å². The molecule has 19 heavy (non-hydrogen) atoms. The van der Waals surface area contributed by atoms with Crippen molar-refractivity contribution in [2.75, 3.05) is 6.54 Å². The Labute approximate surface area is 122 Å². The van der Waals surface area contributed by atoms with Gasteiger partial charge in [0.25, 0.3) is 0 Å². The number of hydrogen-bond donors (Lipinski definition) is 1. The van der Waals surface area contributed by atoms with Crippen LogP contribution in [0.2, 0.25) is 0 Å². The SMILES string of the molecule is CCNC(CCCC(C)C)C1Cc2ccccc2S1. The molecule has 0 bridgehead atoms. The molecule has 2 unspecified atom stereocenters. The topological polar surface area (TPSA) is 12.0 Å². The van der Waals surface area contributed by atoms with Crippen LogP contribution in [0.1, 0.15) is 45.6 Å². The van der Waals surface area contributed by atoms with Gasteiger partial charge in [0.05, 0.1) is 0 Å². The molecule has 1 nitrogen and oxygen atoms in total. The van der Waals surface area contributed by atoms with Crippen LogP contribution >= 0.6 is 11.8 Å². The van der Waals surface area contributed by atoms with Crippen molar-refractivity contribution < 1.29 is 0 Å². The Kier molecular flexibility index (Phi) is 5.77. The van der Waals surface area contributed by atoms with Crippen LogP contribution in [-0.2, 0) is 6.42 Å². The first kappa shape index (κ1) is 14.9. The zero-order valence-electron chi connectivity index (χ0n) is 12.5. The van der Waals surface area contributed by atoms with Gasteiger partial charge >= 0.3 is 0 Å². The van der Waals surface area contributed by atoms with Gasteiger partial charge < -0.3 is 5.32 Å². The number of thioether (sulfide) groups is 1. The van der Waals surface area contributed by atoms with Crippen LogP contribution in [0.5, 0.6) is 0 Å². The molecule has 0 saturated heterocycles. The number of rotatable bonds is 7. The molecular formula is C17H27NS. The van der Waals surface area contributed by atoms with Gasteiger partial charge in [0, 0.05) is 16.2 Å². The summed E-state index contributed by atoms with van der Waals surface area (Å²) in [5, 5.41) is 4.44. The van der Waals surface area contributed by atoms with Gasteiger partial charge in [-0.05, 0) is 36.9 Å². The van der Waals surface area contributed by atoms with Crippen LogP contribution in [0, 0.1) is 5.92 Å². The summed E-state index contributed by atoms with van der Waals surface area (Å²) in [5.74, 6) is 0.829. The first-order valence-electron chi connectivity index (χ1n) is 7.68. The molecule has 0 saturated carbocycles. The second kappa shape index (κ2) is 7.35. The third kappa shape index (κ3) is 4.25. The second-order valence-corrected chi connectivity index (χ2v) is 7.24. The highest BCUT2D eigenvalue weighted by Gasteiger charge is 2.28. The maximum atomic E-state index is 3.71. The normalized spacial score (nSPS) is 19.7. The number of benzene rings is 1. The number of fused-ring (bicyclic) bond motifs is 1. The van der Waals surface area contributed by atoms with Crippen LogP contribution in [0.25, 0.3) is 0 Å². The van der Waals surface area contributed by atoms with E-state index >= 15 is 0 Å². The van der Waals surface area contributed by atoms with Gasteiger partial charge in [0.2, 0.25) is 0 Å². The number of nitrogens with one attached hydrogen (secondary N) is 1. The molecule has 2 heteroatoms. The Morgan fingerprint density at radius 1 is 1.26 bits per heavy atom. The fourth-order valence-electron chi connectivity index (χ4n) is 2.86. The quantitative estimate of drug-likeness (QED) is 0.787. The number of hydrogen-bond acceptors (Lipinski definition) is 2. The molecule has 1 heterocycles. The van der Waals surface area contributed by atoms with E-state index in [2.05, 4.69) is 62.1 Å². The molecule has 1 N–H and O–H groups in total. The maximum absolute atomic E-state index is 3.71. The molecule has 1 aliphatic heterocycles. The lowest BCUT2D eigenvalue weighted by Gasteiger charge is -2.24. The van der Waals surface area contributed by atoms with Crippen LogP contribution < -0.4 is 5.32 Å². The van der Waals surface area contributed by atoms with Crippen molar-refractivity contribution in [1.82, 2.24) is 5.32 Å². The van der Waals surface area contributed by atoms with Gasteiger partial charge in [0.1, 0.15) is 0 Å². The minimum absolute atomic E-state index is 0.668. The Balaban J connectivity index is 1.90. The molecular weight excluding hydrogens is 250 g/mol. The second-order valence-electron chi connectivity index (χ2n) is 5.96. The third-order valence-corrected chi connectivity index (χ3v) is 5.33. The molecule has 0 aromatic heterocycles. The van der Waals surface area contributed by atoms with E-state index in [1.165, 1.54) is 30.6 Å². The van der Waals surface area contributed by atoms with E-state index < -0.39 is 0 Å². The monoisotopic (exact) mass is 277 g/mol. The average Bonchev–Trinajstić information content (AvgIpc) is 2.81. The van der Waals surface area contributed by atoms with Gasteiger partial charge in [-0.3, -0.25) is 0 Å². The largest absolute Gasteiger partial charge is 0.313 e. The van der Waals surface area contributed by atoms with E-state index in [0.29, 0.717) is 6.04 Å². The lowest BCUT2D eigenvalue weighted by Crippen LogP contribution is -2.38. The van der Waals surface area contributed by atoms with Crippen molar-refractivity contribution in [3.63, 3.8) is 0 Å². The minimum atomic E-state index is 0.668. The first-order chi connectivity index (χ1) is 9.20. The standard InChI is InChI=1S/C17H27NS/c1-4-18-15(10-7-8-13(2)3)17-12-14-9-5-6-11-16(14)19-17/h5-6,9,11,13,15,17-18H,4,7-8,10,12H2,1-3H3. The summed E-state index contributed by atoms with van der Waals surface area (Å²) in [4.78, 5) is 1.50. The Hall–Kier alpha value is -0.470. The third-order valence-electron chi connectivity index (χ3n) is 3.88. The predicted octanol–water partition coefficient (Wildman–Crippen LogP) is 4.51. The van der Waals surface area contributed by atoms with Crippen molar-refractivity contribution in [2.24, 2.45) is 5.92 Å². The molecule has 1 aromatic carbocycles. The summed E-state index contributed by atoms with van der Waals surface area (Å²) in [5.41, 5.74) is 1.55. The zero-order chi connectivity index (χ0) is 13.7. The van der Waals surface area contributed by atoms with E-state index in [-0.39, 0.29) is 0 Å². The molecule has 0 radical (unpaired) electrons. The Morgan fingerprint density at radius 2 is 2.05 bits per heavy atom. The Morgan fingerprint density at radius 3 is 2.74 bits per heavy atom. The maximum Gasteiger partial charge on any atom is 0.0289 e. The minimum Gasteiger partial charge on any atom is -0.313 e. The highest BCUT2D eigenvalue weighted by Crippen LogP contribution is 2.39. The summed E-state index contributed by atoms with van der Waals surface area (Å²) in [6, 6.07) is 9.57. The molecule has 106 valence electrons. The molecule has 1 aliphatic rings. The van der Waals surface area contributed by atoms with Gasteiger partial charge in [-0.1, -0.05) is 51.8 Å². The lowest BCUT2D eigenvalue weighted by atomic mass is 9.98. The predicted molar refractivity (Wildman–Crippen MR) is 85.9 cm³/mol. The van der Waals surface area contributed by atoms with Crippen molar-refractivity contribution in [3.8, 4) is 0 Å². The smallest absolute Gasteiger partial charge is 0.0289 e. The molecule has 0 amide bonds. The van der Waals surface area contributed by atoms with E-state index in [9.17, 15) is 0 Å². The van der Waals surface area contributed by atoms with E-state index in [1.807, 2.05) is 0 Å². The van der Waals surface area contributed by atoms with Gasteiger partial charge in [-0.2, -0.15) is 0 Å². The van der Waals surface area contributed by atoms with Crippen molar-refractivity contribution >= 4 is 11.8 Å². The fourth-order valence-corrected chi connectivity index (χ4v) is 4.31. The average molecular weight is 277 g/mol. The molecule has 1 aromatic rings. The summed E-state index contributed by atoms with van der Waals surface area (Å²) < 4.78 is 0. The van der Waals surface area contributed by atoms with Crippen LogP contribution in [0.15, 0.2) is 29.2 Å². The van der Waals surface area contributed by atoms with E-state index in [1.54, 1.807) is 5.56 Å². The van der Waals surface area contributed by atoms with Crippen molar-refractivity contribution in [2.45, 2.75) is 62.6 Å². The van der Waals surface area contributed by atoms with Crippen LogP contribution in [-0.4, -0.2) is 17.8 Å². The molecule has 2 atom stereocenters. The van der Waals surface area contributed by atoms with Crippen LogP contribution in [0.3, 0.4) is 0 Å². The highest BCUT2D eigenvalue weighted by molar-refractivity contribution is 8.00. The van der Waals surface area contributed by atoms with Crippen molar-refractivity contribution in [1.29, 1.82) is 0 Å².